The quantitative estimate of drug-likeness (QED) is 0.463. The van der Waals surface area contributed by atoms with Gasteiger partial charge in [0.15, 0.2) is 0 Å². The summed E-state index contributed by atoms with van der Waals surface area (Å²) in [5, 5.41) is 14.7. The second-order valence-corrected chi connectivity index (χ2v) is 4.58. The summed E-state index contributed by atoms with van der Waals surface area (Å²) in [6, 6.07) is 13.7. The Morgan fingerprint density at radius 2 is 2.00 bits per heavy atom. The zero-order chi connectivity index (χ0) is 15.9. The number of benzene rings is 2. The molecule has 2 aromatic rings. The van der Waals surface area contributed by atoms with Crippen LogP contribution in [0.3, 0.4) is 0 Å². The highest BCUT2D eigenvalue weighted by Gasteiger charge is 2.11. The number of nitrogens with zero attached hydrogens (tertiary/aromatic N) is 2. The van der Waals surface area contributed by atoms with Gasteiger partial charge in [-0.25, -0.2) is 0 Å². The third-order valence-electron chi connectivity index (χ3n) is 3.10. The SMILES string of the molecule is COc1ccccc1/C=N\O[C@@H](C)c1cccc([N+](=O)[O-])c1. The first-order valence-electron chi connectivity index (χ1n) is 6.68. The number of hydrogen-bond acceptors (Lipinski definition) is 5. The number of nitro benzene ring substituents is 1. The fraction of sp³-hybridized carbons (Fsp3) is 0.188. The van der Waals surface area contributed by atoms with Crippen molar-refractivity contribution >= 4 is 11.9 Å². The number of non-ortho nitro benzene ring substituents is 1. The minimum atomic E-state index is -0.436. The molecular formula is C16H16N2O4. The van der Waals surface area contributed by atoms with Gasteiger partial charge in [-0.3, -0.25) is 10.1 Å². The average molecular weight is 300 g/mol. The first-order chi connectivity index (χ1) is 10.6. The molecule has 0 aliphatic carbocycles. The van der Waals surface area contributed by atoms with Gasteiger partial charge in [-0.05, 0) is 19.1 Å². The van der Waals surface area contributed by atoms with Crippen LogP contribution in [0.5, 0.6) is 5.75 Å². The Hall–Kier alpha value is -2.89. The van der Waals surface area contributed by atoms with Crippen LogP contribution in [0, 0.1) is 10.1 Å². The number of ether oxygens (including phenoxy) is 1. The number of nitro groups is 1. The Morgan fingerprint density at radius 3 is 2.73 bits per heavy atom. The Kier molecular flexibility index (Phi) is 5.08. The number of hydrogen-bond donors (Lipinski definition) is 0. The van der Waals surface area contributed by atoms with E-state index >= 15 is 0 Å². The third-order valence-corrected chi connectivity index (χ3v) is 3.10. The van der Waals surface area contributed by atoms with Crippen molar-refractivity contribution < 1.29 is 14.5 Å². The monoisotopic (exact) mass is 300 g/mol. The van der Waals surface area contributed by atoms with Crippen LogP contribution in [0.1, 0.15) is 24.2 Å². The van der Waals surface area contributed by atoms with Crippen molar-refractivity contribution in [2.45, 2.75) is 13.0 Å². The maximum absolute atomic E-state index is 10.8. The predicted octanol–water partition coefficient (Wildman–Crippen LogP) is 3.72. The highest BCUT2D eigenvalue weighted by molar-refractivity contribution is 5.83. The van der Waals surface area contributed by atoms with Crippen LogP contribution in [-0.4, -0.2) is 18.2 Å². The highest BCUT2D eigenvalue weighted by Crippen LogP contribution is 2.22. The molecule has 0 unspecified atom stereocenters. The van der Waals surface area contributed by atoms with Crippen LogP contribution in [0.4, 0.5) is 5.69 Å². The molecule has 6 nitrogen and oxygen atoms in total. The first-order valence-corrected chi connectivity index (χ1v) is 6.68. The Labute approximate surface area is 128 Å². The molecule has 0 aliphatic rings. The molecule has 2 aromatic carbocycles. The zero-order valence-electron chi connectivity index (χ0n) is 12.3. The van der Waals surface area contributed by atoms with Crippen LogP contribution < -0.4 is 4.74 Å². The lowest BCUT2D eigenvalue weighted by Gasteiger charge is -2.09. The van der Waals surface area contributed by atoms with E-state index in [0.717, 1.165) is 5.56 Å². The van der Waals surface area contributed by atoms with Gasteiger partial charge in [-0.1, -0.05) is 29.4 Å². The second-order valence-electron chi connectivity index (χ2n) is 4.58. The molecule has 0 saturated heterocycles. The van der Waals surface area contributed by atoms with Crippen molar-refractivity contribution in [1.82, 2.24) is 0 Å². The molecule has 6 heteroatoms. The van der Waals surface area contributed by atoms with Gasteiger partial charge >= 0.3 is 0 Å². The van der Waals surface area contributed by atoms with Gasteiger partial charge in [0.05, 0.1) is 18.2 Å². The topological polar surface area (TPSA) is 74.0 Å². The number of oxime groups is 1. The van der Waals surface area contributed by atoms with Crippen molar-refractivity contribution in [3.8, 4) is 5.75 Å². The van der Waals surface area contributed by atoms with E-state index in [1.165, 1.54) is 12.1 Å². The van der Waals surface area contributed by atoms with E-state index in [2.05, 4.69) is 5.16 Å². The van der Waals surface area contributed by atoms with Crippen molar-refractivity contribution in [3.05, 3.63) is 69.8 Å². The molecule has 0 aromatic heterocycles. The minimum absolute atomic E-state index is 0.0293. The molecular weight excluding hydrogens is 284 g/mol. The number of rotatable bonds is 6. The minimum Gasteiger partial charge on any atom is -0.496 e. The van der Waals surface area contributed by atoms with Crippen LogP contribution in [0.25, 0.3) is 0 Å². The van der Waals surface area contributed by atoms with E-state index in [-0.39, 0.29) is 5.69 Å². The molecule has 2 rings (SSSR count). The van der Waals surface area contributed by atoms with Crippen LogP contribution in [0.2, 0.25) is 0 Å². The first kappa shape index (κ1) is 15.5. The summed E-state index contributed by atoms with van der Waals surface area (Å²) in [6.45, 7) is 1.78. The summed E-state index contributed by atoms with van der Waals surface area (Å²) in [7, 11) is 1.58. The Balaban J connectivity index is 2.06. The molecule has 114 valence electrons. The summed E-state index contributed by atoms with van der Waals surface area (Å²) in [6.07, 6.45) is 1.15. The molecule has 0 heterocycles. The van der Waals surface area contributed by atoms with Crippen molar-refractivity contribution in [2.75, 3.05) is 7.11 Å². The van der Waals surface area contributed by atoms with Crippen molar-refractivity contribution in [3.63, 3.8) is 0 Å². The normalized spacial score (nSPS) is 12.1. The van der Waals surface area contributed by atoms with Crippen LogP contribution >= 0.6 is 0 Å². The standard InChI is InChI=1S/C16H16N2O4/c1-12(13-7-5-8-15(10-13)18(19)20)22-17-11-14-6-3-4-9-16(14)21-2/h3-12H,1-2H3/b17-11-/t12-/m0/s1. The van der Waals surface area contributed by atoms with E-state index in [1.54, 1.807) is 32.4 Å². The lowest BCUT2D eigenvalue weighted by molar-refractivity contribution is -0.385. The fourth-order valence-electron chi connectivity index (χ4n) is 1.90. The van der Waals surface area contributed by atoms with Gasteiger partial charge in [0.1, 0.15) is 11.9 Å². The van der Waals surface area contributed by atoms with Gasteiger partial charge in [0, 0.05) is 23.3 Å². The third kappa shape index (κ3) is 3.82. The largest absolute Gasteiger partial charge is 0.496 e. The maximum atomic E-state index is 10.8. The van der Waals surface area contributed by atoms with Gasteiger partial charge in [0.25, 0.3) is 5.69 Å². The second kappa shape index (κ2) is 7.21. The van der Waals surface area contributed by atoms with E-state index in [4.69, 9.17) is 9.57 Å². The van der Waals surface area contributed by atoms with Crippen molar-refractivity contribution in [2.24, 2.45) is 5.16 Å². The summed E-state index contributed by atoms with van der Waals surface area (Å²) < 4.78 is 5.21. The Morgan fingerprint density at radius 1 is 1.23 bits per heavy atom. The van der Waals surface area contributed by atoms with E-state index in [1.807, 2.05) is 24.3 Å². The van der Waals surface area contributed by atoms with Gasteiger partial charge in [-0.15, -0.1) is 0 Å². The van der Waals surface area contributed by atoms with E-state index < -0.39 is 11.0 Å². The molecule has 0 aliphatic heterocycles. The summed E-state index contributed by atoms with van der Waals surface area (Å²) in [5.74, 6) is 0.692. The molecule has 0 radical (unpaired) electrons. The molecule has 0 saturated carbocycles. The predicted molar refractivity (Wildman–Crippen MR) is 83.2 cm³/mol. The molecule has 0 bridgehead atoms. The number of para-hydroxylation sites is 1. The van der Waals surface area contributed by atoms with Gasteiger partial charge in [-0.2, -0.15) is 0 Å². The fourth-order valence-corrected chi connectivity index (χ4v) is 1.90. The molecule has 1 atom stereocenters. The lowest BCUT2D eigenvalue weighted by atomic mass is 10.1. The Bertz CT molecular complexity index is 685. The highest BCUT2D eigenvalue weighted by atomic mass is 16.6. The smallest absolute Gasteiger partial charge is 0.269 e. The van der Waals surface area contributed by atoms with Crippen LogP contribution in [0.15, 0.2) is 53.7 Å². The summed E-state index contributed by atoms with van der Waals surface area (Å²) in [5.41, 5.74) is 1.50. The van der Waals surface area contributed by atoms with E-state index in [0.29, 0.717) is 11.3 Å². The van der Waals surface area contributed by atoms with Crippen molar-refractivity contribution in [1.29, 1.82) is 0 Å². The zero-order valence-corrected chi connectivity index (χ0v) is 12.3. The van der Waals surface area contributed by atoms with Gasteiger partial charge in [0.2, 0.25) is 0 Å². The summed E-state index contributed by atoms with van der Waals surface area (Å²) in [4.78, 5) is 15.7. The molecule has 0 N–H and O–H groups in total. The molecule has 0 fully saturated rings. The molecule has 0 spiro atoms. The lowest BCUT2D eigenvalue weighted by Crippen LogP contribution is -1.98. The van der Waals surface area contributed by atoms with Gasteiger partial charge < -0.3 is 9.57 Å². The maximum Gasteiger partial charge on any atom is 0.269 e. The van der Waals surface area contributed by atoms with E-state index in [9.17, 15) is 10.1 Å². The van der Waals surface area contributed by atoms with Crippen LogP contribution in [-0.2, 0) is 4.84 Å². The molecule has 0 amide bonds. The molecule has 22 heavy (non-hydrogen) atoms. The average Bonchev–Trinajstić information content (AvgIpc) is 2.55. The summed E-state index contributed by atoms with van der Waals surface area (Å²) >= 11 is 0. The number of methoxy groups -OCH3 is 1.